The molecule has 18 heavy (non-hydrogen) atoms. The number of hydrogen-bond acceptors (Lipinski definition) is 3. The molecule has 1 aliphatic carbocycles. The Labute approximate surface area is 115 Å². The van der Waals surface area contributed by atoms with Crippen LogP contribution >= 0.6 is 12.4 Å². The first-order valence-corrected chi connectivity index (χ1v) is 6.94. The Bertz CT molecular complexity index is 313. The van der Waals surface area contributed by atoms with E-state index in [9.17, 15) is 4.79 Å². The molecular weight excluding hydrogens is 250 g/mol. The lowest BCUT2D eigenvalue weighted by molar-refractivity contribution is -0.125. The molecule has 2 heterocycles. The smallest absolute Gasteiger partial charge is 0.237 e. The lowest BCUT2D eigenvalue weighted by atomic mass is 9.86. The maximum atomic E-state index is 12.0. The van der Waals surface area contributed by atoms with E-state index in [1.54, 1.807) is 0 Å². The fraction of sp³-hybridized carbons (Fsp3) is 0.923. The average molecular weight is 274 g/mol. The first-order valence-electron chi connectivity index (χ1n) is 6.94. The molecule has 0 radical (unpaired) electrons. The van der Waals surface area contributed by atoms with Crippen molar-refractivity contribution in [3.8, 4) is 0 Å². The van der Waals surface area contributed by atoms with Crippen LogP contribution in [-0.4, -0.2) is 49.1 Å². The third-order valence-electron chi connectivity index (χ3n) is 4.65. The first-order chi connectivity index (χ1) is 8.19. The number of halogens is 1. The largest absolute Gasteiger partial charge is 0.352 e. The number of rotatable bonds is 3. The lowest BCUT2D eigenvalue weighted by Crippen LogP contribution is -2.45. The normalized spacial score (nSPS) is 33.4. The molecule has 4 nitrogen and oxygen atoms in total. The van der Waals surface area contributed by atoms with E-state index in [2.05, 4.69) is 22.5 Å². The van der Waals surface area contributed by atoms with Crippen LogP contribution in [0.15, 0.2) is 0 Å². The molecule has 3 aliphatic rings. The summed E-state index contributed by atoms with van der Waals surface area (Å²) in [6.45, 7) is 6.52. The minimum atomic E-state index is 0. The van der Waals surface area contributed by atoms with Crippen molar-refractivity contribution in [3.63, 3.8) is 0 Å². The maximum absolute atomic E-state index is 12.0. The molecule has 1 amide bonds. The molecule has 5 heteroatoms. The third kappa shape index (κ3) is 2.81. The standard InChI is InChI=1S/C13H23N3O.ClH/c1-10(12(17)15-11-2-3-11)16-7-5-13(9-16)4-6-14-8-13;/h10-11,14H,2-9H2,1H3,(H,15,17);1H. The molecule has 0 bridgehead atoms. The van der Waals surface area contributed by atoms with E-state index in [0.29, 0.717) is 11.5 Å². The predicted octanol–water partition coefficient (Wildman–Crippen LogP) is 0.761. The molecule has 1 spiro atoms. The molecule has 1 saturated carbocycles. The monoisotopic (exact) mass is 273 g/mol. The highest BCUT2D eigenvalue weighted by Gasteiger charge is 2.42. The first kappa shape index (κ1) is 14.1. The van der Waals surface area contributed by atoms with Gasteiger partial charge in [-0.15, -0.1) is 12.4 Å². The van der Waals surface area contributed by atoms with Crippen LogP contribution in [0.1, 0.15) is 32.6 Å². The molecule has 104 valence electrons. The van der Waals surface area contributed by atoms with Crippen LogP contribution in [0.3, 0.4) is 0 Å². The summed E-state index contributed by atoms with van der Waals surface area (Å²) in [5.74, 6) is 0.232. The highest BCUT2D eigenvalue weighted by Crippen LogP contribution is 2.36. The van der Waals surface area contributed by atoms with Gasteiger partial charge in [0, 0.05) is 19.1 Å². The Morgan fingerprint density at radius 3 is 2.83 bits per heavy atom. The number of likely N-dealkylation sites (tertiary alicyclic amines) is 1. The van der Waals surface area contributed by atoms with Gasteiger partial charge in [0.2, 0.25) is 5.91 Å². The Kier molecular flexibility index (Phi) is 4.19. The van der Waals surface area contributed by atoms with E-state index in [1.807, 2.05) is 0 Å². The third-order valence-corrected chi connectivity index (χ3v) is 4.65. The molecule has 2 N–H and O–H groups in total. The van der Waals surface area contributed by atoms with Crippen molar-refractivity contribution in [1.82, 2.24) is 15.5 Å². The second-order valence-corrected chi connectivity index (χ2v) is 6.11. The zero-order chi connectivity index (χ0) is 11.9. The number of nitrogens with one attached hydrogen (secondary N) is 2. The van der Waals surface area contributed by atoms with Crippen LogP contribution < -0.4 is 10.6 Å². The summed E-state index contributed by atoms with van der Waals surface area (Å²) >= 11 is 0. The molecule has 0 aromatic carbocycles. The van der Waals surface area contributed by atoms with E-state index < -0.39 is 0 Å². The van der Waals surface area contributed by atoms with Crippen molar-refractivity contribution in [2.45, 2.75) is 44.7 Å². The van der Waals surface area contributed by atoms with Gasteiger partial charge < -0.3 is 10.6 Å². The zero-order valence-electron chi connectivity index (χ0n) is 11.1. The topological polar surface area (TPSA) is 44.4 Å². The Balaban J connectivity index is 0.00000120. The fourth-order valence-corrected chi connectivity index (χ4v) is 3.16. The van der Waals surface area contributed by atoms with Gasteiger partial charge in [0.05, 0.1) is 6.04 Å². The maximum Gasteiger partial charge on any atom is 0.237 e. The molecule has 0 aromatic heterocycles. The van der Waals surface area contributed by atoms with E-state index in [1.165, 1.54) is 25.7 Å². The second-order valence-electron chi connectivity index (χ2n) is 6.11. The average Bonchev–Trinajstić information content (AvgIpc) is 2.89. The molecule has 2 unspecified atom stereocenters. The SMILES string of the molecule is CC(C(=O)NC1CC1)N1CCC2(CCNC2)C1.Cl. The summed E-state index contributed by atoms with van der Waals surface area (Å²) in [6, 6.07) is 0.533. The van der Waals surface area contributed by atoms with E-state index in [0.717, 1.165) is 26.2 Å². The lowest BCUT2D eigenvalue weighted by Gasteiger charge is -2.26. The summed E-state index contributed by atoms with van der Waals surface area (Å²) < 4.78 is 0. The number of nitrogens with zero attached hydrogens (tertiary/aromatic N) is 1. The molecule has 0 aromatic rings. The summed E-state index contributed by atoms with van der Waals surface area (Å²) in [6.07, 6.45) is 4.88. The van der Waals surface area contributed by atoms with Crippen LogP contribution in [-0.2, 0) is 4.79 Å². The molecule has 2 atom stereocenters. The van der Waals surface area contributed by atoms with Gasteiger partial charge in [-0.1, -0.05) is 0 Å². The summed E-state index contributed by atoms with van der Waals surface area (Å²) in [7, 11) is 0. The summed E-state index contributed by atoms with van der Waals surface area (Å²) in [5.41, 5.74) is 0.466. The highest BCUT2D eigenvalue weighted by atomic mass is 35.5. The number of carbonyl (C=O) groups excluding carboxylic acids is 1. The minimum Gasteiger partial charge on any atom is -0.352 e. The number of amides is 1. The summed E-state index contributed by atoms with van der Waals surface area (Å²) in [4.78, 5) is 14.4. The quantitative estimate of drug-likeness (QED) is 0.798. The van der Waals surface area contributed by atoms with Crippen molar-refractivity contribution in [1.29, 1.82) is 0 Å². The van der Waals surface area contributed by atoms with Gasteiger partial charge >= 0.3 is 0 Å². The Morgan fingerprint density at radius 2 is 2.22 bits per heavy atom. The molecule has 2 saturated heterocycles. The van der Waals surface area contributed by atoms with E-state index in [4.69, 9.17) is 0 Å². The van der Waals surface area contributed by atoms with Crippen LogP contribution in [0.5, 0.6) is 0 Å². The molecule has 3 rings (SSSR count). The predicted molar refractivity (Wildman–Crippen MR) is 74.0 cm³/mol. The molecular formula is C13H24ClN3O. The van der Waals surface area contributed by atoms with Gasteiger partial charge in [0.15, 0.2) is 0 Å². The van der Waals surface area contributed by atoms with Crippen LogP contribution in [0.4, 0.5) is 0 Å². The van der Waals surface area contributed by atoms with Crippen LogP contribution in [0.2, 0.25) is 0 Å². The van der Waals surface area contributed by atoms with Gasteiger partial charge in [-0.3, -0.25) is 9.69 Å². The zero-order valence-corrected chi connectivity index (χ0v) is 11.9. The molecule has 2 aliphatic heterocycles. The van der Waals surface area contributed by atoms with Crippen LogP contribution in [0.25, 0.3) is 0 Å². The van der Waals surface area contributed by atoms with Gasteiger partial charge in [0.25, 0.3) is 0 Å². The van der Waals surface area contributed by atoms with Crippen molar-refractivity contribution in [2.75, 3.05) is 26.2 Å². The van der Waals surface area contributed by atoms with Crippen LogP contribution in [0, 0.1) is 5.41 Å². The van der Waals surface area contributed by atoms with E-state index >= 15 is 0 Å². The van der Waals surface area contributed by atoms with Gasteiger partial charge in [-0.25, -0.2) is 0 Å². The van der Waals surface area contributed by atoms with Gasteiger partial charge in [-0.05, 0) is 51.1 Å². The molecule has 3 fully saturated rings. The number of hydrogen-bond donors (Lipinski definition) is 2. The highest BCUT2D eigenvalue weighted by molar-refractivity contribution is 5.85. The van der Waals surface area contributed by atoms with Gasteiger partial charge in [-0.2, -0.15) is 0 Å². The number of carbonyl (C=O) groups is 1. The summed E-state index contributed by atoms with van der Waals surface area (Å²) in [5, 5.41) is 6.57. The van der Waals surface area contributed by atoms with E-state index in [-0.39, 0.29) is 24.4 Å². The van der Waals surface area contributed by atoms with Crippen molar-refractivity contribution in [3.05, 3.63) is 0 Å². The van der Waals surface area contributed by atoms with Crippen molar-refractivity contribution in [2.24, 2.45) is 5.41 Å². The fourth-order valence-electron chi connectivity index (χ4n) is 3.16. The van der Waals surface area contributed by atoms with Gasteiger partial charge in [0.1, 0.15) is 0 Å². The minimum absolute atomic E-state index is 0. The second kappa shape index (κ2) is 5.35. The Hall–Kier alpha value is -0.320. The van der Waals surface area contributed by atoms with Crippen molar-refractivity contribution < 1.29 is 4.79 Å². The Morgan fingerprint density at radius 1 is 1.44 bits per heavy atom. The van der Waals surface area contributed by atoms with Crippen molar-refractivity contribution >= 4 is 18.3 Å².